The smallest absolute Gasteiger partial charge is 0.341 e. The SMILES string of the molecule is CSc1cccc(Oc2nncn2N)c1. The molecule has 5 nitrogen and oxygen atoms in total. The molecule has 0 aliphatic rings. The standard InChI is InChI=1S/C9H10N4OS/c1-15-8-4-2-3-7(5-8)14-9-12-11-6-13(9)10/h2-6H,10H2,1H3. The van der Waals surface area contributed by atoms with Gasteiger partial charge < -0.3 is 10.6 Å². The molecule has 2 rings (SSSR count). The van der Waals surface area contributed by atoms with E-state index in [1.165, 1.54) is 11.0 Å². The van der Waals surface area contributed by atoms with Crippen molar-refractivity contribution in [1.29, 1.82) is 0 Å². The highest BCUT2D eigenvalue weighted by atomic mass is 32.2. The van der Waals surface area contributed by atoms with Crippen molar-refractivity contribution < 1.29 is 4.74 Å². The molecule has 0 saturated heterocycles. The summed E-state index contributed by atoms with van der Waals surface area (Å²) in [5, 5.41) is 7.34. The second kappa shape index (κ2) is 4.22. The zero-order chi connectivity index (χ0) is 10.7. The lowest BCUT2D eigenvalue weighted by molar-refractivity contribution is 0.427. The Hall–Kier alpha value is -1.69. The summed E-state index contributed by atoms with van der Waals surface area (Å²) in [7, 11) is 0. The van der Waals surface area contributed by atoms with Crippen molar-refractivity contribution in [2.45, 2.75) is 4.90 Å². The minimum absolute atomic E-state index is 0.272. The summed E-state index contributed by atoms with van der Waals surface area (Å²) in [4.78, 5) is 1.12. The van der Waals surface area contributed by atoms with Gasteiger partial charge in [-0.05, 0) is 24.5 Å². The van der Waals surface area contributed by atoms with E-state index in [9.17, 15) is 0 Å². The minimum atomic E-state index is 0.272. The highest BCUT2D eigenvalue weighted by Crippen LogP contribution is 2.23. The quantitative estimate of drug-likeness (QED) is 0.629. The van der Waals surface area contributed by atoms with E-state index in [4.69, 9.17) is 10.6 Å². The molecule has 0 saturated carbocycles. The fraction of sp³-hybridized carbons (Fsp3) is 0.111. The Labute approximate surface area is 91.2 Å². The van der Waals surface area contributed by atoms with Crippen molar-refractivity contribution in [2.75, 3.05) is 12.1 Å². The predicted octanol–water partition coefficient (Wildman–Crippen LogP) is 1.51. The first-order chi connectivity index (χ1) is 7.29. The van der Waals surface area contributed by atoms with Crippen LogP contribution in [0.5, 0.6) is 11.8 Å². The zero-order valence-corrected chi connectivity index (χ0v) is 8.94. The van der Waals surface area contributed by atoms with Crippen LogP contribution in [0.25, 0.3) is 0 Å². The molecule has 0 aliphatic carbocycles. The first-order valence-corrected chi connectivity index (χ1v) is 5.49. The van der Waals surface area contributed by atoms with Gasteiger partial charge in [-0.2, -0.15) is 4.68 Å². The second-order valence-corrected chi connectivity index (χ2v) is 3.68. The van der Waals surface area contributed by atoms with E-state index in [0.29, 0.717) is 5.75 Å². The van der Waals surface area contributed by atoms with Crippen LogP contribution in [0.1, 0.15) is 0 Å². The maximum absolute atomic E-state index is 5.52. The van der Waals surface area contributed by atoms with Gasteiger partial charge in [0.2, 0.25) is 0 Å². The molecule has 6 heteroatoms. The molecule has 2 N–H and O–H groups in total. The average Bonchev–Trinajstić information content (AvgIpc) is 2.65. The number of hydrogen-bond donors (Lipinski definition) is 1. The molecule has 2 aromatic rings. The Bertz CT molecular complexity index is 457. The molecule has 1 aromatic carbocycles. The molecule has 0 unspecified atom stereocenters. The Morgan fingerprint density at radius 3 is 3.00 bits per heavy atom. The van der Waals surface area contributed by atoms with Crippen molar-refractivity contribution in [3.8, 4) is 11.8 Å². The van der Waals surface area contributed by atoms with Crippen LogP contribution in [0.15, 0.2) is 35.5 Å². The van der Waals surface area contributed by atoms with Gasteiger partial charge in [-0.1, -0.05) is 11.2 Å². The fourth-order valence-electron chi connectivity index (χ4n) is 1.08. The summed E-state index contributed by atoms with van der Waals surface area (Å²) in [6, 6.07) is 7.95. The predicted molar refractivity (Wildman–Crippen MR) is 58.5 cm³/mol. The van der Waals surface area contributed by atoms with Crippen molar-refractivity contribution in [1.82, 2.24) is 14.9 Å². The third kappa shape index (κ3) is 2.21. The monoisotopic (exact) mass is 222 g/mol. The summed E-state index contributed by atoms with van der Waals surface area (Å²) in [5.41, 5.74) is 0. The lowest BCUT2D eigenvalue weighted by Gasteiger charge is -2.04. The van der Waals surface area contributed by atoms with Crippen LogP contribution in [0.3, 0.4) is 0 Å². The molecule has 0 atom stereocenters. The molecule has 0 spiro atoms. The number of thioether (sulfide) groups is 1. The largest absolute Gasteiger partial charge is 0.423 e. The Morgan fingerprint density at radius 2 is 2.33 bits per heavy atom. The number of hydrogen-bond acceptors (Lipinski definition) is 5. The Morgan fingerprint density at radius 1 is 1.47 bits per heavy atom. The summed E-state index contributed by atoms with van der Waals surface area (Å²) in [6.07, 6.45) is 3.39. The summed E-state index contributed by atoms with van der Waals surface area (Å²) in [6.45, 7) is 0. The van der Waals surface area contributed by atoms with Crippen molar-refractivity contribution in [2.24, 2.45) is 0 Å². The molecule has 1 aromatic heterocycles. The number of benzene rings is 1. The van der Waals surface area contributed by atoms with Crippen molar-refractivity contribution in [3.05, 3.63) is 30.6 Å². The summed E-state index contributed by atoms with van der Waals surface area (Å²) < 4.78 is 6.67. The van der Waals surface area contributed by atoms with Gasteiger partial charge in [0, 0.05) is 4.90 Å². The maximum atomic E-state index is 5.52. The lowest BCUT2D eigenvalue weighted by atomic mass is 10.3. The van der Waals surface area contributed by atoms with Gasteiger partial charge in [-0.15, -0.1) is 16.9 Å². The normalized spacial score (nSPS) is 10.2. The number of ether oxygens (including phenoxy) is 1. The second-order valence-electron chi connectivity index (χ2n) is 2.80. The van der Waals surface area contributed by atoms with Gasteiger partial charge in [0.05, 0.1) is 0 Å². The van der Waals surface area contributed by atoms with E-state index in [1.807, 2.05) is 30.5 Å². The molecule has 15 heavy (non-hydrogen) atoms. The van der Waals surface area contributed by atoms with Gasteiger partial charge in [-0.25, -0.2) is 0 Å². The third-order valence-corrected chi connectivity index (χ3v) is 2.52. The Balaban J connectivity index is 2.21. The van der Waals surface area contributed by atoms with E-state index in [1.54, 1.807) is 11.8 Å². The molecule has 0 fully saturated rings. The van der Waals surface area contributed by atoms with Gasteiger partial charge in [0.25, 0.3) is 0 Å². The maximum Gasteiger partial charge on any atom is 0.341 e. The first kappa shape index (κ1) is 9.85. The molecule has 0 aliphatic heterocycles. The first-order valence-electron chi connectivity index (χ1n) is 4.26. The lowest BCUT2D eigenvalue weighted by Crippen LogP contribution is -2.08. The van der Waals surface area contributed by atoms with E-state index in [-0.39, 0.29) is 6.01 Å². The molecule has 0 amide bonds. The fourth-order valence-corrected chi connectivity index (χ4v) is 1.52. The number of nitrogen functional groups attached to an aromatic ring is 1. The van der Waals surface area contributed by atoms with Crippen LogP contribution in [-0.2, 0) is 0 Å². The van der Waals surface area contributed by atoms with Gasteiger partial charge in [0.15, 0.2) is 0 Å². The highest BCUT2D eigenvalue weighted by molar-refractivity contribution is 7.98. The van der Waals surface area contributed by atoms with E-state index < -0.39 is 0 Å². The number of nitrogens with zero attached hydrogens (tertiary/aromatic N) is 3. The van der Waals surface area contributed by atoms with Gasteiger partial charge in [-0.3, -0.25) is 0 Å². The van der Waals surface area contributed by atoms with E-state index in [2.05, 4.69) is 10.2 Å². The van der Waals surface area contributed by atoms with Gasteiger partial charge in [0.1, 0.15) is 12.1 Å². The third-order valence-electron chi connectivity index (χ3n) is 1.79. The number of rotatable bonds is 3. The zero-order valence-electron chi connectivity index (χ0n) is 8.12. The molecule has 78 valence electrons. The summed E-state index contributed by atoms with van der Waals surface area (Å²) >= 11 is 1.65. The summed E-state index contributed by atoms with van der Waals surface area (Å²) in [5.74, 6) is 6.22. The topological polar surface area (TPSA) is 66.0 Å². The molecule has 0 bridgehead atoms. The van der Waals surface area contributed by atoms with Crippen LogP contribution < -0.4 is 10.6 Å². The molecule has 0 radical (unpaired) electrons. The highest BCUT2D eigenvalue weighted by Gasteiger charge is 2.04. The van der Waals surface area contributed by atoms with Crippen LogP contribution in [0, 0.1) is 0 Å². The number of aromatic nitrogens is 3. The van der Waals surface area contributed by atoms with Crippen molar-refractivity contribution in [3.63, 3.8) is 0 Å². The van der Waals surface area contributed by atoms with Crippen LogP contribution in [0.4, 0.5) is 0 Å². The average molecular weight is 222 g/mol. The van der Waals surface area contributed by atoms with Crippen LogP contribution in [-0.4, -0.2) is 21.1 Å². The van der Waals surface area contributed by atoms with Crippen molar-refractivity contribution >= 4 is 11.8 Å². The minimum Gasteiger partial charge on any atom is -0.423 e. The van der Waals surface area contributed by atoms with Gasteiger partial charge >= 0.3 is 6.01 Å². The molecular formula is C9H10N4OS. The Kier molecular flexibility index (Phi) is 2.77. The number of nitrogens with two attached hydrogens (primary N) is 1. The van der Waals surface area contributed by atoms with E-state index >= 15 is 0 Å². The molecule has 1 heterocycles. The van der Waals surface area contributed by atoms with Crippen LogP contribution >= 0.6 is 11.8 Å². The van der Waals surface area contributed by atoms with E-state index in [0.717, 1.165) is 4.90 Å². The van der Waals surface area contributed by atoms with Crippen LogP contribution in [0.2, 0.25) is 0 Å². The molecular weight excluding hydrogens is 212 g/mol.